The Labute approximate surface area is 132 Å². The molecule has 110 valence electrons. The predicted octanol–water partition coefficient (Wildman–Crippen LogP) is 4.35. The van der Waals surface area contributed by atoms with E-state index in [1.807, 2.05) is 54.8 Å². The van der Waals surface area contributed by atoms with Crippen molar-refractivity contribution in [1.29, 1.82) is 0 Å². The number of thiazole rings is 1. The average Bonchev–Trinajstić information content (AvgIpc) is 3.03. The van der Waals surface area contributed by atoms with Gasteiger partial charge in [-0.3, -0.25) is 5.43 Å². The summed E-state index contributed by atoms with van der Waals surface area (Å²) in [7, 11) is 0. The quantitative estimate of drug-likeness (QED) is 0.556. The third kappa shape index (κ3) is 3.15. The summed E-state index contributed by atoms with van der Waals surface area (Å²) in [5.74, 6) is 0.217. The fourth-order valence-electron chi connectivity index (χ4n) is 2.04. The van der Waals surface area contributed by atoms with E-state index in [-0.39, 0.29) is 5.75 Å². The van der Waals surface area contributed by atoms with Crippen molar-refractivity contribution >= 4 is 22.2 Å². The van der Waals surface area contributed by atoms with Crippen LogP contribution in [0.15, 0.2) is 65.1 Å². The molecule has 0 aliphatic rings. The molecule has 0 fully saturated rings. The van der Waals surface area contributed by atoms with Gasteiger partial charge in [0.1, 0.15) is 5.75 Å². The van der Waals surface area contributed by atoms with Gasteiger partial charge in [-0.2, -0.15) is 5.10 Å². The molecule has 3 rings (SSSR count). The summed E-state index contributed by atoms with van der Waals surface area (Å²) in [6.45, 7) is 1.84. The molecule has 1 heterocycles. The lowest BCUT2D eigenvalue weighted by Gasteiger charge is -2.03. The number of rotatable bonds is 4. The van der Waals surface area contributed by atoms with E-state index in [2.05, 4.69) is 15.5 Å². The van der Waals surface area contributed by atoms with Gasteiger partial charge in [-0.25, -0.2) is 4.98 Å². The maximum atomic E-state index is 9.81. The number of hydrogen-bond donors (Lipinski definition) is 2. The van der Waals surface area contributed by atoms with Crippen molar-refractivity contribution in [3.05, 3.63) is 65.5 Å². The second kappa shape index (κ2) is 6.41. The SMILES string of the molecule is CC(=NNc1nc(-c2ccccc2)cs1)c1ccccc1O. The van der Waals surface area contributed by atoms with Gasteiger partial charge in [0.25, 0.3) is 0 Å². The van der Waals surface area contributed by atoms with Crippen LogP contribution in [0.4, 0.5) is 5.13 Å². The van der Waals surface area contributed by atoms with Crippen LogP contribution in [0, 0.1) is 0 Å². The molecule has 0 spiro atoms. The smallest absolute Gasteiger partial charge is 0.203 e. The standard InChI is InChI=1S/C17H15N3OS/c1-12(14-9-5-6-10-16(14)21)19-20-17-18-15(11-22-17)13-7-3-2-4-8-13/h2-11,21H,1H3,(H,18,20). The average molecular weight is 309 g/mol. The first-order chi connectivity index (χ1) is 10.7. The number of nitrogens with zero attached hydrogens (tertiary/aromatic N) is 2. The molecule has 0 saturated carbocycles. The van der Waals surface area contributed by atoms with E-state index in [1.54, 1.807) is 12.1 Å². The summed E-state index contributed by atoms with van der Waals surface area (Å²) in [6, 6.07) is 17.1. The van der Waals surface area contributed by atoms with Crippen LogP contribution < -0.4 is 5.43 Å². The summed E-state index contributed by atoms with van der Waals surface area (Å²) in [5, 5.41) is 16.8. The maximum Gasteiger partial charge on any atom is 0.203 e. The van der Waals surface area contributed by atoms with E-state index in [0.717, 1.165) is 11.3 Å². The van der Waals surface area contributed by atoms with E-state index in [4.69, 9.17) is 0 Å². The van der Waals surface area contributed by atoms with Crippen molar-refractivity contribution in [3.63, 3.8) is 0 Å². The second-order valence-electron chi connectivity index (χ2n) is 4.73. The van der Waals surface area contributed by atoms with Gasteiger partial charge in [0.2, 0.25) is 5.13 Å². The van der Waals surface area contributed by atoms with Gasteiger partial charge in [-0.1, -0.05) is 42.5 Å². The monoisotopic (exact) mass is 309 g/mol. The van der Waals surface area contributed by atoms with E-state index < -0.39 is 0 Å². The van der Waals surface area contributed by atoms with Gasteiger partial charge in [0.15, 0.2) is 0 Å². The van der Waals surface area contributed by atoms with Gasteiger partial charge in [-0.05, 0) is 19.1 Å². The molecule has 0 atom stereocenters. The van der Waals surface area contributed by atoms with Crippen LogP contribution in [0.3, 0.4) is 0 Å². The Hall–Kier alpha value is -2.66. The molecular formula is C17H15N3OS. The largest absolute Gasteiger partial charge is 0.507 e. The van der Waals surface area contributed by atoms with E-state index in [1.165, 1.54) is 11.3 Å². The highest BCUT2D eigenvalue weighted by Gasteiger charge is 2.05. The van der Waals surface area contributed by atoms with Crippen LogP contribution in [-0.2, 0) is 0 Å². The minimum absolute atomic E-state index is 0.217. The molecule has 22 heavy (non-hydrogen) atoms. The molecule has 2 aromatic carbocycles. The second-order valence-corrected chi connectivity index (χ2v) is 5.59. The summed E-state index contributed by atoms with van der Waals surface area (Å²) in [4.78, 5) is 4.51. The zero-order chi connectivity index (χ0) is 15.4. The summed E-state index contributed by atoms with van der Waals surface area (Å²) in [5.41, 5.74) is 6.35. The van der Waals surface area contributed by atoms with Crippen LogP contribution in [0.5, 0.6) is 5.75 Å². The lowest BCUT2D eigenvalue weighted by atomic mass is 10.1. The van der Waals surface area contributed by atoms with Crippen molar-refractivity contribution in [2.75, 3.05) is 5.43 Å². The lowest BCUT2D eigenvalue weighted by molar-refractivity contribution is 0.474. The topological polar surface area (TPSA) is 57.5 Å². The predicted molar refractivity (Wildman–Crippen MR) is 91.5 cm³/mol. The van der Waals surface area contributed by atoms with Gasteiger partial charge >= 0.3 is 0 Å². The van der Waals surface area contributed by atoms with E-state index in [0.29, 0.717) is 16.4 Å². The first kappa shape index (κ1) is 14.3. The Kier molecular flexibility index (Phi) is 4.16. The van der Waals surface area contributed by atoms with Crippen LogP contribution in [0.2, 0.25) is 0 Å². The van der Waals surface area contributed by atoms with Gasteiger partial charge in [0, 0.05) is 16.5 Å². The van der Waals surface area contributed by atoms with Crippen LogP contribution in [0.1, 0.15) is 12.5 Å². The Bertz CT molecular complexity index is 796. The molecule has 3 aromatic rings. The van der Waals surface area contributed by atoms with Crippen LogP contribution in [0.25, 0.3) is 11.3 Å². The molecule has 0 aliphatic carbocycles. The minimum Gasteiger partial charge on any atom is -0.507 e. The van der Waals surface area contributed by atoms with Crippen molar-refractivity contribution < 1.29 is 5.11 Å². The zero-order valence-corrected chi connectivity index (χ0v) is 12.8. The van der Waals surface area contributed by atoms with Gasteiger partial charge in [0.05, 0.1) is 11.4 Å². The highest BCUT2D eigenvalue weighted by molar-refractivity contribution is 7.14. The molecular weight excluding hydrogens is 294 g/mol. The third-order valence-electron chi connectivity index (χ3n) is 3.19. The number of benzene rings is 2. The normalized spacial score (nSPS) is 11.4. The number of aromatic nitrogens is 1. The molecule has 0 bridgehead atoms. The maximum absolute atomic E-state index is 9.81. The highest BCUT2D eigenvalue weighted by atomic mass is 32.1. The molecule has 4 nitrogen and oxygen atoms in total. The fourth-order valence-corrected chi connectivity index (χ4v) is 2.70. The Morgan fingerprint density at radius 3 is 2.59 bits per heavy atom. The minimum atomic E-state index is 0.217. The Balaban J connectivity index is 1.76. The van der Waals surface area contributed by atoms with Crippen molar-refractivity contribution in [2.45, 2.75) is 6.92 Å². The summed E-state index contributed by atoms with van der Waals surface area (Å²) in [6.07, 6.45) is 0. The van der Waals surface area contributed by atoms with Gasteiger partial charge < -0.3 is 5.11 Å². The third-order valence-corrected chi connectivity index (χ3v) is 3.93. The number of para-hydroxylation sites is 1. The zero-order valence-electron chi connectivity index (χ0n) is 12.0. The first-order valence-corrected chi connectivity index (χ1v) is 7.71. The molecule has 5 heteroatoms. The van der Waals surface area contributed by atoms with E-state index >= 15 is 0 Å². The van der Waals surface area contributed by atoms with Crippen LogP contribution >= 0.6 is 11.3 Å². The molecule has 0 amide bonds. The lowest BCUT2D eigenvalue weighted by Crippen LogP contribution is -1.99. The molecule has 0 unspecified atom stereocenters. The Morgan fingerprint density at radius 2 is 1.82 bits per heavy atom. The summed E-state index contributed by atoms with van der Waals surface area (Å²) < 4.78 is 0. The summed E-state index contributed by atoms with van der Waals surface area (Å²) >= 11 is 1.49. The van der Waals surface area contributed by atoms with Crippen molar-refractivity contribution in [2.24, 2.45) is 5.10 Å². The molecule has 0 aliphatic heterocycles. The number of hydrazone groups is 1. The first-order valence-electron chi connectivity index (χ1n) is 6.83. The number of phenolic OH excluding ortho intramolecular Hbond substituents is 1. The molecule has 0 saturated heterocycles. The number of aromatic hydroxyl groups is 1. The number of anilines is 1. The van der Waals surface area contributed by atoms with Crippen molar-refractivity contribution in [1.82, 2.24) is 4.98 Å². The fraction of sp³-hybridized carbons (Fsp3) is 0.0588. The van der Waals surface area contributed by atoms with Gasteiger partial charge in [-0.15, -0.1) is 11.3 Å². The number of nitrogens with one attached hydrogen (secondary N) is 1. The number of phenols is 1. The van der Waals surface area contributed by atoms with E-state index in [9.17, 15) is 5.11 Å². The molecule has 1 aromatic heterocycles. The van der Waals surface area contributed by atoms with Crippen molar-refractivity contribution in [3.8, 4) is 17.0 Å². The molecule has 0 radical (unpaired) electrons. The highest BCUT2D eigenvalue weighted by Crippen LogP contribution is 2.25. The number of hydrogen-bond acceptors (Lipinski definition) is 5. The molecule has 2 N–H and O–H groups in total. The Morgan fingerprint density at radius 1 is 1.09 bits per heavy atom. The van der Waals surface area contributed by atoms with Crippen LogP contribution in [-0.4, -0.2) is 15.8 Å².